The number of hydrogen-bond acceptors (Lipinski definition) is 3. The van der Waals surface area contributed by atoms with E-state index >= 15 is 0 Å². The third kappa shape index (κ3) is 2.48. The lowest BCUT2D eigenvalue weighted by atomic mass is 10.1. The van der Waals surface area contributed by atoms with Crippen LogP contribution in [0.4, 0.5) is 5.69 Å². The molecule has 0 aliphatic heterocycles. The maximum absolute atomic E-state index is 4.30. The lowest BCUT2D eigenvalue weighted by molar-refractivity contribution is 0.757. The minimum Gasteiger partial charge on any atom is -0.378 e. The van der Waals surface area contributed by atoms with Gasteiger partial charge in [-0.25, -0.2) is 0 Å². The van der Waals surface area contributed by atoms with Crippen LogP contribution in [0.3, 0.4) is 0 Å². The Morgan fingerprint density at radius 1 is 1.26 bits per heavy atom. The van der Waals surface area contributed by atoms with Crippen LogP contribution in [-0.2, 0) is 13.6 Å². The van der Waals surface area contributed by atoms with Crippen molar-refractivity contribution in [2.24, 2.45) is 7.05 Å². The van der Waals surface area contributed by atoms with Crippen molar-refractivity contribution in [1.29, 1.82) is 0 Å². The van der Waals surface area contributed by atoms with E-state index in [9.17, 15) is 0 Å². The van der Waals surface area contributed by atoms with Crippen molar-refractivity contribution < 1.29 is 0 Å². The van der Waals surface area contributed by atoms with Crippen molar-refractivity contribution >= 4 is 5.69 Å². The molecule has 1 aromatic heterocycles. The molecule has 0 atom stereocenters. The topological polar surface area (TPSA) is 42.7 Å². The van der Waals surface area contributed by atoms with Gasteiger partial charge in [0.1, 0.15) is 5.82 Å². The Morgan fingerprint density at radius 2 is 2.05 bits per heavy atom. The molecule has 1 heterocycles. The predicted octanol–water partition coefficient (Wildman–Crippen LogP) is 2.92. The molecule has 0 amide bonds. The fourth-order valence-electron chi connectivity index (χ4n) is 2.33. The summed E-state index contributed by atoms with van der Waals surface area (Å²) in [6, 6.07) is 6.45. The molecular formula is C15H20N4. The van der Waals surface area contributed by atoms with Crippen LogP contribution in [-0.4, -0.2) is 14.8 Å². The highest BCUT2D eigenvalue weighted by atomic mass is 15.3. The molecule has 0 radical (unpaired) electrons. The van der Waals surface area contributed by atoms with Crippen molar-refractivity contribution in [3.05, 3.63) is 41.0 Å². The molecule has 1 fully saturated rings. The molecule has 1 aliphatic carbocycles. The van der Waals surface area contributed by atoms with Crippen LogP contribution in [0.5, 0.6) is 0 Å². The fraction of sp³-hybridized carbons (Fsp3) is 0.467. The molecule has 0 spiro atoms. The minimum absolute atomic E-state index is 0.645. The van der Waals surface area contributed by atoms with Gasteiger partial charge in [-0.2, -0.15) is 0 Å². The highest BCUT2D eigenvalue weighted by molar-refractivity contribution is 5.52. The van der Waals surface area contributed by atoms with E-state index in [1.54, 1.807) is 0 Å². The van der Waals surface area contributed by atoms with Crippen LogP contribution < -0.4 is 5.32 Å². The minimum atomic E-state index is 0.645. The number of benzene rings is 1. The molecular weight excluding hydrogens is 236 g/mol. The zero-order chi connectivity index (χ0) is 13.4. The van der Waals surface area contributed by atoms with E-state index in [0.29, 0.717) is 5.92 Å². The number of nitrogens with zero attached hydrogens (tertiary/aromatic N) is 3. The van der Waals surface area contributed by atoms with E-state index in [-0.39, 0.29) is 0 Å². The van der Waals surface area contributed by atoms with Crippen molar-refractivity contribution in [2.75, 3.05) is 5.32 Å². The zero-order valence-electron chi connectivity index (χ0n) is 11.8. The summed E-state index contributed by atoms with van der Waals surface area (Å²) < 4.78 is 2.13. The number of rotatable bonds is 4. The Kier molecular flexibility index (Phi) is 3.01. The molecule has 0 unspecified atom stereocenters. The predicted molar refractivity (Wildman–Crippen MR) is 76.2 cm³/mol. The van der Waals surface area contributed by atoms with E-state index < -0.39 is 0 Å². The third-order valence-electron chi connectivity index (χ3n) is 3.77. The van der Waals surface area contributed by atoms with Gasteiger partial charge in [-0.05, 0) is 43.9 Å². The van der Waals surface area contributed by atoms with Gasteiger partial charge in [0.2, 0.25) is 0 Å². The summed E-state index contributed by atoms with van der Waals surface area (Å²) in [6.07, 6.45) is 2.52. The Bertz CT molecular complexity index is 596. The summed E-state index contributed by atoms with van der Waals surface area (Å²) in [5.74, 6) is 2.78. The van der Waals surface area contributed by atoms with Crippen LogP contribution >= 0.6 is 0 Å². The second-order valence-electron chi connectivity index (χ2n) is 5.48. The smallest absolute Gasteiger partial charge is 0.152 e. The van der Waals surface area contributed by atoms with Crippen LogP contribution in [0.2, 0.25) is 0 Å². The van der Waals surface area contributed by atoms with Gasteiger partial charge < -0.3 is 9.88 Å². The first-order valence-corrected chi connectivity index (χ1v) is 6.84. The SMILES string of the molecule is Cc1ccc(C)c(NCc2nnc(C3CC3)n2C)c1. The second-order valence-corrected chi connectivity index (χ2v) is 5.48. The quantitative estimate of drug-likeness (QED) is 0.914. The first-order valence-electron chi connectivity index (χ1n) is 6.84. The number of aryl methyl sites for hydroxylation is 2. The van der Waals surface area contributed by atoms with Crippen LogP contribution in [0.15, 0.2) is 18.2 Å². The number of anilines is 1. The summed E-state index contributed by atoms with van der Waals surface area (Å²) in [6.45, 7) is 4.95. The van der Waals surface area contributed by atoms with Crippen molar-refractivity contribution in [1.82, 2.24) is 14.8 Å². The molecule has 0 saturated heterocycles. The monoisotopic (exact) mass is 256 g/mol. The van der Waals surface area contributed by atoms with Gasteiger partial charge in [-0.1, -0.05) is 12.1 Å². The van der Waals surface area contributed by atoms with Gasteiger partial charge in [-0.15, -0.1) is 10.2 Å². The third-order valence-corrected chi connectivity index (χ3v) is 3.77. The molecule has 4 heteroatoms. The molecule has 1 saturated carbocycles. The van der Waals surface area contributed by atoms with Crippen molar-refractivity contribution in [3.8, 4) is 0 Å². The van der Waals surface area contributed by atoms with Crippen LogP contribution in [0, 0.1) is 13.8 Å². The number of aromatic nitrogens is 3. The second kappa shape index (κ2) is 4.68. The summed E-state index contributed by atoms with van der Waals surface area (Å²) in [5, 5.41) is 12.1. The maximum atomic E-state index is 4.30. The standard InChI is InChI=1S/C15H20N4/c1-10-4-5-11(2)13(8-10)16-9-14-17-18-15(19(14)3)12-6-7-12/h4-5,8,12,16H,6-7,9H2,1-3H3. The van der Waals surface area contributed by atoms with E-state index in [0.717, 1.165) is 18.2 Å². The molecule has 1 N–H and O–H groups in total. The normalized spacial score (nSPS) is 14.7. The zero-order valence-corrected chi connectivity index (χ0v) is 11.8. The average molecular weight is 256 g/mol. The Balaban J connectivity index is 1.73. The molecule has 2 aromatic rings. The van der Waals surface area contributed by atoms with Gasteiger partial charge in [0.05, 0.1) is 6.54 Å². The lowest BCUT2D eigenvalue weighted by Crippen LogP contribution is -2.08. The fourth-order valence-corrected chi connectivity index (χ4v) is 2.33. The summed E-state index contributed by atoms with van der Waals surface area (Å²) in [7, 11) is 2.06. The maximum Gasteiger partial charge on any atom is 0.152 e. The Morgan fingerprint density at radius 3 is 2.79 bits per heavy atom. The summed E-state index contributed by atoms with van der Waals surface area (Å²) in [5.41, 5.74) is 3.70. The largest absolute Gasteiger partial charge is 0.378 e. The highest BCUT2D eigenvalue weighted by Crippen LogP contribution is 2.38. The summed E-state index contributed by atoms with van der Waals surface area (Å²) in [4.78, 5) is 0. The van der Waals surface area contributed by atoms with Gasteiger partial charge >= 0.3 is 0 Å². The molecule has 1 aliphatic rings. The number of nitrogens with one attached hydrogen (secondary N) is 1. The first kappa shape index (κ1) is 12.2. The first-order chi connectivity index (χ1) is 9.15. The molecule has 1 aromatic carbocycles. The van der Waals surface area contributed by atoms with E-state index in [1.165, 1.54) is 29.7 Å². The Labute approximate surface area is 113 Å². The van der Waals surface area contributed by atoms with Crippen LogP contribution in [0.1, 0.15) is 41.5 Å². The van der Waals surface area contributed by atoms with Gasteiger partial charge in [0.25, 0.3) is 0 Å². The summed E-state index contributed by atoms with van der Waals surface area (Å²) >= 11 is 0. The average Bonchev–Trinajstić information content (AvgIpc) is 3.16. The van der Waals surface area contributed by atoms with Gasteiger partial charge in [-0.3, -0.25) is 0 Å². The van der Waals surface area contributed by atoms with Crippen LogP contribution in [0.25, 0.3) is 0 Å². The highest BCUT2D eigenvalue weighted by Gasteiger charge is 2.29. The lowest BCUT2D eigenvalue weighted by Gasteiger charge is -2.10. The Hall–Kier alpha value is -1.84. The van der Waals surface area contributed by atoms with E-state index in [1.807, 2.05) is 0 Å². The molecule has 100 valence electrons. The molecule has 3 rings (SSSR count). The van der Waals surface area contributed by atoms with Gasteiger partial charge in [0.15, 0.2) is 5.82 Å². The molecule has 0 bridgehead atoms. The van der Waals surface area contributed by atoms with Crippen molar-refractivity contribution in [3.63, 3.8) is 0 Å². The van der Waals surface area contributed by atoms with Gasteiger partial charge in [0, 0.05) is 18.7 Å². The van der Waals surface area contributed by atoms with Crippen molar-refractivity contribution in [2.45, 2.75) is 39.2 Å². The van der Waals surface area contributed by atoms with E-state index in [4.69, 9.17) is 0 Å². The number of hydrogen-bond donors (Lipinski definition) is 1. The molecule has 19 heavy (non-hydrogen) atoms. The molecule has 4 nitrogen and oxygen atoms in total. The van der Waals surface area contributed by atoms with E-state index in [2.05, 4.69) is 59.2 Å².